The molecule has 1 fully saturated rings. The predicted octanol–water partition coefficient (Wildman–Crippen LogP) is 2.96. The highest BCUT2D eigenvalue weighted by Gasteiger charge is 2.26. The third-order valence-corrected chi connectivity index (χ3v) is 3.56. The Morgan fingerprint density at radius 3 is 2.67 bits per heavy atom. The van der Waals surface area contributed by atoms with Crippen LogP contribution in [0.3, 0.4) is 0 Å². The molecule has 1 saturated carbocycles. The van der Waals surface area contributed by atoms with E-state index >= 15 is 0 Å². The molecule has 0 heterocycles. The molecule has 1 aromatic rings. The molecule has 1 aliphatic rings. The van der Waals surface area contributed by atoms with Crippen LogP contribution in [0.5, 0.6) is 0 Å². The van der Waals surface area contributed by atoms with Crippen molar-refractivity contribution in [2.75, 3.05) is 11.9 Å². The molecule has 18 heavy (non-hydrogen) atoms. The minimum absolute atomic E-state index is 0.0537. The topological polar surface area (TPSA) is 41.1 Å². The van der Waals surface area contributed by atoms with E-state index in [-0.39, 0.29) is 5.91 Å². The van der Waals surface area contributed by atoms with Gasteiger partial charge in [0.1, 0.15) is 0 Å². The fraction of sp³-hybridized carbons (Fsp3) is 0.533. The lowest BCUT2D eigenvalue weighted by Gasteiger charge is -2.33. The van der Waals surface area contributed by atoms with E-state index in [2.05, 4.69) is 24.5 Å². The van der Waals surface area contributed by atoms with Gasteiger partial charge in [0.2, 0.25) is 0 Å². The van der Waals surface area contributed by atoms with Crippen LogP contribution >= 0.6 is 0 Å². The van der Waals surface area contributed by atoms with E-state index in [1.54, 1.807) is 0 Å². The minimum atomic E-state index is 0.0537. The lowest BCUT2D eigenvalue weighted by molar-refractivity contribution is 0.0896. The summed E-state index contributed by atoms with van der Waals surface area (Å²) in [7, 11) is 0. The Hall–Kier alpha value is -1.51. The molecule has 1 aliphatic carbocycles. The number of rotatable bonds is 4. The molecule has 3 heteroatoms. The molecule has 2 N–H and O–H groups in total. The number of anilines is 1. The smallest absolute Gasteiger partial charge is 0.251 e. The zero-order valence-corrected chi connectivity index (χ0v) is 11.4. The Balaban J connectivity index is 2.00. The Morgan fingerprint density at radius 2 is 2.11 bits per heavy atom. The van der Waals surface area contributed by atoms with Crippen LogP contribution in [-0.4, -0.2) is 18.5 Å². The molecule has 98 valence electrons. The van der Waals surface area contributed by atoms with Gasteiger partial charge < -0.3 is 10.6 Å². The van der Waals surface area contributed by atoms with Crippen molar-refractivity contribution < 1.29 is 4.79 Å². The van der Waals surface area contributed by atoms with Gasteiger partial charge in [0, 0.05) is 23.8 Å². The molecule has 0 radical (unpaired) electrons. The summed E-state index contributed by atoms with van der Waals surface area (Å²) in [6, 6.07) is 6.20. The van der Waals surface area contributed by atoms with Crippen LogP contribution in [-0.2, 0) is 0 Å². The van der Waals surface area contributed by atoms with E-state index in [1.165, 1.54) is 0 Å². The van der Waals surface area contributed by atoms with Crippen LogP contribution < -0.4 is 10.6 Å². The van der Waals surface area contributed by atoms with Crippen LogP contribution in [0.15, 0.2) is 18.2 Å². The lowest BCUT2D eigenvalue weighted by atomic mass is 9.82. The highest BCUT2D eigenvalue weighted by atomic mass is 16.1. The molecular weight excluding hydrogens is 224 g/mol. The maximum absolute atomic E-state index is 12.0. The summed E-state index contributed by atoms with van der Waals surface area (Å²) in [6.45, 7) is 7.21. The van der Waals surface area contributed by atoms with Crippen molar-refractivity contribution in [2.45, 2.75) is 39.7 Å². The first-order valence-electron chi connectivity index (χ1n) is 6.75. The highest BCUT2D eigenvalue weighted by Crippen LogP contribution is 2.26. The molecule has 0 unspecified atom stereocenters. The van der Waals surface area contributed by atoms with Gasteiger partial charge in [-0.05, 0) is 56.4 Å². The van der Waals surface area contributed by atoms with Gasteiger partial charge in [-0.1, -0.05) is 6.92 Å². The van der Waals surface area contributed by atoms with Crippen molar-refractivity contribution in [2.24, 2.45) is 5.92 Å². The number of carbonyl (C=O) groups is 1. The zero-order chi connectivity index (χ0) is 13.1. The fourth-order valence-corrected chi connectivity index (χ4v) is 2.48. The Morgan fingerprint density at radius 1 is 1.39 bits per heavy atom. The molecule has 1 amide bonds. The second-order valence-electron chi connectivity index (χ2n) is 5.31. The number of hydrogen-bond acceptors (Lipinski definition) is 2. The average Bonchev–Trinajstić information content (AvgIpc) is 2.30. The largest absolute Gasteiger partial charge is 0.385 e. The summed E-state index contributed by atoms with van der Waals surface area (Å²) in [4.78, 5) is 12.0. The summed E-state index contributed by atoms with van der Waals surface area (Å²) in [6.07, 6.45) is 2.22. The fourth-order valence-electron chi connectivity index (χ4n) is 2.48. The average molecular weight is 246 g/mol. The molecule has 3 nitrogen and oxygen atoms in total. The third kappa shape index (κ3) is 2.84. The Labute approximate surface area is 109 Å². The SMILES string of the molecule is CCNc1ccc(C(=O)NC2CC(C)C2)cc1C. The van der Waals surface area contributed by atoms with Crippen molar-refractivity contribution in [1.29, 1.82) is 0 Å². The first-order chi connectivity index (χ1) is 8.60. The Kier molecular flexibility index (Phi) is 3.90. The van der Waals surface area contributed by atoms with Crippen molar-refractivity contribution in [1.82, 2.24) is 5.32 Å². The molecule has 0 aliphatic heterocycles. The van der Waals surface area contributed by atoms with Gasteiger partial charge in [0.25, 0.3) is 5.91 Å². The number of nitrogens with one attached hydrogen (secondary N) is 2. The van der Waals surface area contributed by atoms with Gasteiger partial charge in [-0.25, -0.2) is 0 Å². The highest BCUT2D eigenvalue weighted by molar-refractivity contribution is 5.95. The molecule has 1 aromatic carbocycles. The molecule has 0 bridgehead atoms. The van der Waals surface area contributed by atoms with E-state index in [4.69, 9.17) is 0 Å². The van der Waals surface area contributed by atoms with Crippen LogP contribution in [0.2, 0.25) is 0 Å². The van der Waals surface area contributed by atoms with E-state index < -0.39 is 0 Å². The normalized spacial score (nSPS) is 22.2. The van der Waals surface area contributed by atoms with Crippen LogP contribution in [0, 0.1) is 12.8 Å². The molecular formula is C15H22N2O. The van der Waals surface area contributed by atoms with Gasteiger partial charge >= 0.3 is 0 Å². The molecule has 0 aromatic heterocycles. The number of carbonyl (C=O) groups excluding carboxylic acids is 1. The van der Waals surface area contributed by atoms with Gasteiger partial charge in [0.05, 0.1) is 0 Å². The Bertz CT molecular complexity index is 436. The van der Waals surface area contributed by atoms with Crippen molar-refractivity contribution in [3.63, 3.8) is 0 Å². The van der Waals surface area contributed by atoms with Crippen LogP contribution in [0.4, 0.5) is 5.69 Å². The summed E-state index contributed by atoms with van der Waals surface area (Å²) >= 11 is 0. The number of aryl methyl sites for hydroxylation is 1. The molecule has 0 saturated heterocycles. The van der Waals surface area contributed by atoms with Crippen molar-refractivity contribution in [3.05, 3.63) is 29.3 Å². The molecule has 0 atom stereocenters. The monoisotopic (exact) mass is 246 g/mol. The summed E-state index contributed by atoms with van der Waals surface area (Å²) in [5.41, 5.74) is 2.98. The molecule has 0 spiro atoms. The van der Waals surface area contributed by atoms with Crippen molar-refractivity contribution >= 4 is 11.6 Å². The zero-order valence-electron chi connectivity index (χ0n) is 11.4. The van der Waals surface area contributed by atoms with Gasteiger partial charge in [-0.2, -0.15) is 0 Å². The van der Waals surface area contributed by atoms with E-state index in [1.807, 2.05) is 25.1 Å². The maximum atomic E-state index is 12.0. The van der Waals surface area contributed by atoms with E-state index in [0.29, 0.717) is 6.04 Å². The maximum Gasteiger partial charge on any atom is 0.251 e. The molecule has 2 rings (SSSR count). The van der Waals surface area contributed by atoms with Gasteiger partial charge in [0.15, 0.2) is 0 Å². The van der Waals surface area contributed by atoms with Crippen LogP contribution in [0.25, 0.3) is 0 Å². The second kappa shape index (κ2) is 5.42. The van der Waals surface area contributed by atoms with Crippen molar-refractivity contribution in [3.8, 4) is 0 Å². The lowest BCUT2D eigenvalue weighted by Crippen LogP contribution is -2.43. The third-order valence-electron chi connectivity index (χ3n) is 3.56. The number of hydrogen-bond donors (Lipinski definition) is 2. The van der Waals surface area contributed by atoms with Crippen LogP contribution in [0.1, 0.15) is 42.6 Å². The summed E-state index contributed by atoms with van der Waals surface area (Å²) in [5.74, 6) is 0.811. The number of amides is 1. The van der Waals surface area contributed by atoms with E-state index in [0.717, 1.165) is 42.1 Å². The summed E-state index contributed by atoms with van der Waals surface area (Å²) < 4.78 is 0. The van der Waals surface area contributed by atoms with Gasteiger partial charge in [-0.15, -0.1) is 0 Å². The standard InChI is InChI=1S/C15H22N2O/c1-4-16-14-6-5-12(9-11(14)3)15(18)17-13-7-10(2)8-13/h5-6,9-10,13,16H,4,7-8H2,1-3H3,(H,17,18). The first kappa shape index (κ1) is 12.9. The quantitative estimate of drug-likeness (QED) is 0.857. The number of benzene rings is 1. The first-order valence-corrected chi connectivity index (χ1v) is 6.75. The minimum Gasteiger partial charge on any atom is -0.385 e. The second-order valence-corrected chi connectivity index (χ2v) is 5.31. The summed E-state index contributed by atoms with van der Waals surface area (Å²) in [5, 5.41) is 6.36. The van der Waals surface area contributed by atoms with E-state index in [9.17, 15) is 4.79 Å². The predicted molar refractivity (Wildman–Crippen MR) is 75.0 cm³/mol. The van der Waals surface area contributed by atoms with Gasteiger partial charge in [-0.3, -0.25) is 4.79 Å².